The minimum absolute atomic E-state index is 0.537. The number of hydrogen-bond acceptors (Lipinski definition) is 2. The Labute approximate surface area is 128 Å². The summed E-state index contributed by atoms with van der Waals surface area (Å²) in [6.45, 7) is 9.18. The molecule has 0 saturated carbocycles. The van der Waals surface area contributed by atoms with Gasteiger partial charge in [0.25, 0.3) is 0 Å². The maximum atomic E-state index is 5.94. The van der Waals surface area contributed by atoms with Crippen molar-refractivity contribution in [1.82, 2.24) is 5.32 Å². The Balaban J connectivity index is 2.45. The highest BCUT2D eigenvalue weighted by Gasteiger charge is 2.10. The Kier molecular flexibility index (Phi) is 8.92. The van der Waals surface area contributed by atoms with Crippen molar-refractivity contribution in [3.05, 3.63) is 34.9 Å². The van der Waals surface area contributed by atoms with Gasteiger partial charge in [-0.2, -0.15) is 0 Å². The summed E-state index contributed by atoms with van der Waals surface area (Å²) in [6, 6.07) is 8.75. The highest BCUT2D eigenvalue weighted by atomic mass is 35.5. The molecule has 1 rings (SSSR count). The van der Waals surface area contributed by atoms with E-state index in [0.29, 0.717) is 12.0 Å². The third-order valence-electron chi connectivity index (χ3n) is 3.36. The van der Waals surface area contributed by atoms with E-state index in [1.54, 1.807) is 0 Å². The van der Waals surface area contributed by atoms with E-state index < -0.39 is 0 Å². The Hall–Kier alpha value is -0.570. The van der Waals surface area contributed by atoms with Crippen molar-refractivity contribution in [2.75, 3.05) is 19.8 Å². The maximum Gasteiger partial charge on any atom is 0.0466 e. The monoisotopic (exact) mass is 297 g/mol. The van der Waals surface area contributed by atoms with Gasteiger partial charge in [0.05, 0.1) is 0 Å². The van der Waals surface area contributed by atoms with Gasteiger partial charge in [0.15, 0.2) is 0 Å². The summed E-state index contributed by atoms with van der Waals surface area (Å²) in [5.74, 6) is 0.652. The molecule has 20 heavy (non-hydrogen) atoms. The number of nitrogens with one attached hydrogen (secondary N) is 1. The van der Waals surface area contributed by atoms with Gasteiger partial charge in [-0.05, 0) is 56.3 Å². The van der Waals surface area contributed by atoms with Gasteiger partial charge in [0, 0.05) is 24.3 Å². The van der Waals surface area contributed by atoms with Crippen LogP contribution in [-0.4, -0.2) is 25.8 Å². The lowest BCUT2D eigenvalue weighted by Gasteiger charge is -2.19. The summed E-state index contributed by atoms with van der Waals surface area (Å²) in [5.41, 5.74) is 1.36. The van der Waals surface area contributed by atoms with Crippen molar-refractivity contribution in [1.29, 1.82) is 0 Å². The molecule has 2 nitrogen and oxygen atoms in total. The average Bonchev–Trinajstić information content (AvgIpc) is 2.43. The second-order valence-corrected chi connectivity index (χ2v) is 6.04. The largest absolute Gasteiger partial charge is 0.382 e. The molecule has 0 heterocycles. The van der Waals surface area contributed by atoms with Gasteiger partial charge in [-0.25, -0.2) is 0 Å². The van der Waals surface area contributed by atoms with Gasteiger partial charge < -0.3 is 10.1 Å². The molecule has 1 atom stereocenters. The van der Waals surface area contributed by atoms with Crippen LogP contribution in [-0.2, 0) is 11.2 Å². The third-order valence-corrected chi connectivity index (χ3v) is 3.61. The van der Waals surface area contributed by atoms with E-state index >= 15 is 0 Å². The summed E-state index contributed by atoms with van der Waals surface area (Å²) < 4.78 is 5.44. The molecule has 0 bridgehead atoms. The molecule has 0 aromatic heterocycles. The zero-order valence-corrected chi connectivity index (χ0v) is 13.7. The second kappa shape index (κ2) is 10.2. The molecule has 0 saturated heterocycles. The van der Waals surface area contributed by atoms with Gasteiger partial charge in [-0.15, -0.1) is 0 Å². The lowest BCUT2D eigenvalue weighted by Crippen LogP contribution is -2.30. The molecule has 0 aliphatic carbocycles. The first-order chi connectivity index (χ1) is 9.61. The standard InChI is InChI=1S/C17H28ClNO/c1-4-20-11-5-6-16(13-19-14(2)3)12-15-7-9-17(18)10-8-15/h7-10,14,16,19H,4-6,11-13H2,1-3H3. The molecule has 1 N–H and O–H groups in total. The van der Waals surface area contributed by atoms with Crippen LogP contribution in [0.1, 0.15) is 39.2 Å². The Bertz CT molecular complexity index is 351. The fraction of sp³-hybridized carbons (Fsp3) is 0.647. The molecule has 0 amide bonds. The lowest BCUT2D eigenvalue weighted by atomic mass is 9.94. The summed E-state index contributed by atoms with van der Waals surface area (Å²) in [5, 5.41) is 4.36. The zero-order valence-electron chi connectivity index (χ0n) is 13.0. The first kappa shape index (κ1) is 17.5. The van der Waals surface area contributed by atoms with Crippen LogP contribution in [0.2, 0.25) is 5.02 Å². The van der Waals surface area contributed by atoms with Crippen LogP contribution >= 0.6 is 11.6 Å². The average molecular weight is 298 g/mol. The van der Waals surface area contributed by atoms with Gasteiger partial charge in [-0.3, -0.25) is 0 Å². The first-order valence-electron chi connectivity index (χ1n) is 7.67. The molecule has 0 radical (unpaired) electrons. The number of benzene rings is 1. The molecule has 114 valence electrons. The van der Waals surface area contributed by atoms with Gasteiger partial charge in [0.2, 0.25) is 0 Å². The van der Waals surface area contributed by atoms with Crippen molar-refractivity contribution in [3.63, 3.8) is 0 Å². The number of halogens is 1. The van der Waals surface area contributed by atoms with Crippen molar-refractivity contribution in [2.45, 2.75) is 46.1 Å². The van der Waals surface area contributed by atoms with Gasteiger partial charge >= 0.3 is 0 Å². The van der Waals surface area contributed by atoms with Crippen LogP contribution in [0.25, 0.3) is 0 Å². The molecular weight excluding hydrogens is 270 g/mol. The van der Waals surface area contributed by atoms with Gasteiger partial charge in [0.1, 0.15) is 0 Å². The normalized spacial score (nSPS) is 12.8. The fourth-order valence-electron chi connectivity index (χ4n) is 2.25. The molecule has 0 aliphatic rings. The fourth-order valence-corrected chi connectivity index (χ4v) is 2.38. The molecule has 1 aromatic rings. The zero-order chi connectivity index (χ0) is 14.8. The Morgan fingerprint density at radius 2 is 1.90 bits per heavy atom. The molecule has 0 aliphatic heterocycles. The van der Waals surface area contributed by atoms with Crippen LogP contribution in [0.3, 0.4) is 0 Å². The van der Waals surface area contributed by atoms with Crippen LogP contribution in [0, 0.1) is 5.92 Å². The minimum atomic E-state index is 0.537. The molecule has 1 unspecified atom stereocenters. The van der Waals surface area contributed by atoms with Crippen LogP contribution in [0.5, 0.6) is 0 Å². The second-order valence-electron chi connectivity index (χ2n) is 5.60. The number of rotatable bonds is 10. The predicted octanol–water partition coefficient (Wildman–Crippen LogP) is 4.31. The van der Waals surface area contributed by atoms with Gasteiger partial charge in [-0.1, -0.05) is 37.6 Å². The predicted molar refractivity (Wildman–Crippen MR) is 87.5 cm³/mol. The molecular formula is C17H28ClNO. The van der Waals surface area contributed by atoms with Crippen LogP contribution < -0.4 is 5.32 Å². The Morgan fingerprint density at radius 3 is 2.50 bits per heavy atom. The van der Waals surface area contributed by atoms with Crippen molar-refractivity contribution >= 4 is 11.6 Å². The minimum Gasteiger partial charge on any atom is -0.382 e. The highest BCUT2D eigenvalue weighted by molar-refractivity contribution is 6.30. The van der Waals surface area contributed by atoms with E-state index in [2.05, 4.69) is 31.3 Å². The summed E-state index contributed by atoms with van der Waals surface area (Å²) in [7, 11) is 0. The molecule has 0 fully saturated rings. The summed E-state index contributed by atoms with van der Waals surface area (Å²) in [6.07, 6.45) is 3.43. The number of ether oxygens (including phenoxy) is 1. The van der Waals surface area contributed by atoms with Crippen LogP contribution in [0.15, 0.2) is 24.3 Å². The van der Waals surface area contributed by atoms with E-state index in [-0.39, 0.29) is 0 Å². The van der Waals surface area contributed by atoms with E-state index in [4.69, 9.17) is 16.3 Å². The smallest absolute Gasteiger partial charge is 0.0466 e. The SMILES string of the molecule is CCOCCCC(CNC(C)C)Cc1ccc(Cl)cc1. The quantitative estimate of drug-likeness (QED) is 0.650. The van der Waals surface area contributed by atoms with E-state index in [1.165, 1.54) is 12.0 Å². The third kappa shape index (κ3) is 7.88. The lowest BCUT2D eigenvalue weighted by molar-refractivity contribution is 0.139. The van der Waals surface area contributed by atoms with Crippen molar-refractivity contribution in [3.8, 4) is 0 Å². The molecule has 3 heteroatoms. The van der Waals surface area contributed by atoms with E-state index in [9.17, 15) is 0 Å². The number of hydrogen-bond donors (Lipinski definition) is 1. The van der Waals surface area contributed by atoms with Crippen LogP contribution in [0.4, 0.5) is 0 Å². The van der Waals surface area contributed by atoms with Crippen molar-refractivity contribution in [2.24, 2.45) is 5.92 Å². The topological polar surface area (TPSA) is 21.3 Å². The van der Waals surface area contributed by atoms with E-state index in [0.717, 1.165) is 37.6 Å². The maximum absolute atomic E-state index is 5.94. The van der Waals surface area contributed by atoms with Crippen molar-refractivity contribution < 1.29 is 4.74 Å². The first-order valence-corrected chi connectivity index (χ1v) is 8.05. The molecule has 0 spiro atoms. The summed E-state index contributed by atoms with van der Waals surface area (Å²) >= 11 is 5.94. The van der Waals surface area contributed by atoms with E-state index in [1.807, 2.05) is 19.1 Å². The summed E-state index contributed by atoms with van der Waals surface area (Å²) in [4.78, 5) is 0. The Morgan fingerprint density at radius 1 is 1.20 bits per heavy atom. The molecule has 1 aromatic carbocycles. The highest BCUT2D eigenvalue weighted by Crippen LogP contribution is 2.16.